The van der Waals surface area contributed by atoms with Crippen LogP contribution in [0.25, 0.3) is 0 Å². The fraction of sp³-hybridized carbons (Fsp3) is 0.846. The first-order chi connectivity index (χ1) is 8.65. The van der Waals surface area contributed by atoms with E-state index in [1.165, 1.54) is 0 Å². The number of aliphatic carboxylic acids is 1. The van der Waals surface area contributed by atoms with Gasteiger partial charge in [0, 0.05) is 25.6 Å². The topological polar surface area (TPSA) is 76.4 Å². The quantitative estimate of drug-likeness (QED) is 0.664. The van der Waals surface area contributed by atoms with Gasteiger partial charge in [-0.3, -0.25) is 9.69 Å². The molecule has 18 heavy (non-hydrogen) atoms. The number of nitrogens with zero attached hydrogens (tertiary/aromatic N) is 2. The standard InChI is InChI=1S/C13H23N3O2/c1-2-6-15-12-8-11(3-4-13(17)18)9-16(10-12)7-5-14/h11-12,15H,2-4,6-10H2,1H3,(H,17,18). The van der Waals surface area contributed by atoms with Gasteiger partial charge < -0.3 is 10.4 Å². The zero-order valence-electron chi connectivity index (χ0n) is 11.1. The molecule has 0 aromatic heterocycles. The van der Waals surface area contributed by atoms with Crippen molar-refractivity contribution >= 4 is 5.97 Å². The Morgan fingerprint density at radius 3 is 2.94 bits per heavy atom. The number of rotatable bonds is 7. The Morgan fingerprint density at radius 2 is 2.33 bits per heavy atom. The van der Waals surface area contributed by atoms with Crippen LogP contribution in [-0.2, 0) is 4.79 Å². The maximum atomic E-state index is 10.6. The minimum atomic E-state index is -0.731. The summed E-state index contributed by atoms with van der Waals surface area (Å²) in [6.45, 7) is 5.30. The lowest BCUT2D eigenvalue weighted by molar-refractivity contribution is -0.137. The molecule has 2 atom stereocenters. The zero-order chi connectivity index (χ0) is 13.4. The van der Waals surface area contributed by atoms with Gasteiger partial charge in [0.15, 0.2) is 0 Å². The van der Waals surface area contributed by atoms with Gasteiger partial charge in [0.25, 0.3) is 0 Å². The Morgan fingerprint density at radius 1 is 1.56 bits per heavy atom. The molecule has 1 aliphatic rings. The molecule has 2 N–H and O–H groups in total. The molecule has 0 aliphatic carbocycles. The van der Waals surface area contributed by atoms with Crippen molar-refractivity contribution in [2.24, 2.45) is 5.92 Å². The second-order valence-electron chi connectivity index (χ2n) is 5.04. The van der Waals surface area contributed by atoms with Crippen molar-refractivity contribution in [3.8, 4) is 6.07 Å². The highest BCUT2D eigenvalue weighted by Crippen LogP contribution is 2.21. The minimum absolute atomic E-state index is 0.228. The van der Waals surface area contributed by atoms with Crippen LogP contribution in [0.5, 0.6) is 0 Å². The molecule has 5 heteroatoms. The first kappa shape index (κ1) is 14.9. The van der Waals surface area contributed by atoms with Crippen molar-refractivity contribution in [2.45, 2.75) is 38.6 Å². The smallest absolute Gasteiger partial charge is 0.303 e. The van der Waals surface area contributed by atoms with E-state index in [4.69, 9.17) is 10.4 Å². The maximum absolute atomic E-state index is 10.6. The summed E-state index contributed by atoms with van der Waals surface area (Å²) in [6, 6.07) is 2.58. The number of nitriles is 1. The summed E-state index contributed by atoms with van der Waals surface area (Å²) in [5.74, 6) is -0.344. The van der Waals surface area contributed by atoms with Crippen LogP contribution in [0.3, 0.4) is 0 Å². The number of carbonyl (C=O) groups is 1. The third kappa shape index (κ3) is 5.48. The number of carboxylic acid groups (broad SMARTS) is 1. The minimum Gasteiger partial charge on any atom is -0.481 e. The van der Waals surface area contributed by atoms with Gasteiger partial charge in [0.05, 0.1) is 12.6 Å². The predicted molar refractivity (Wildman–Crippen MR) is 69.1 cm³/mol. The molecule has 1 aliphatic heterocycles. The van der Waals surface area contributed by atoms with Crippen LogP contribution in [0.15, 0.2) is 0 Å². The fourth-order valence-corrected chi connectivity index (χ4v) is 2.56. The predicted octanol–water partition coefficient (Wildman–Crippen LogP) is 1.06. The summed E-state index contributed by atoms with van der Waals surface area (Å²) in [6.07, 6.45) is 3.05. The summed E-state index contributed by atoms with van der Waals surface area (Å²) < 4.78 is 0. The van der Waals surface area contributed by atoms with Gasteiger partial charge in [-0.15, -0.1) is 0 Å². The van der Waals surface area contributed by atoms with Crippen LogP contribution >= 0.6 is 0 Å². The number of piperidine rings is 1. The van der Waals surface area contributed by atoms with Crippen molar-refractivity contribution in [1.29, 1.82) is 5.26 Å². The van der Waals surface area contributed by atoms with Gasteiger partial charge in [-0.25, -0.2) is 0 Å². The molecule has 0 saturated carbocycles. The molecule has 0 aromatic carbocycles. The van der Waals surface area contributed by atoms with Crippen molar-refractivity contribution in [3.05, 3.63) is 0 Å². The third-order valence-electron chi connectivity index (χ3n) is 3.36. The maximum Gasteiger partial charge on any atom is 0.303 e. The second kappa shape index (κ2) is 8.06. The van der Waals surface area contributed by atoms with Crippen molar-refractivity contribution in [2.75, 3.05) is 26.2 Å². The van der Waals surface area contributed by atoms with Crippen LogP contribution in [0.4, 0.5) is 0 Å². The summed E-state index contributed by atoms with van der Waals surface area (Å²) in [7, 11) is 0. The molecule has 0 spiro atoms. The molecular weight excluding hydrogens is 230 g/mol. The van der Waals surface area contributed by atoms with Gasteiger partial charge in [-0.2, -0.15) is 5.26 Å². The van der Waals surface area contributed by atoms with Crippen LogP contribution < -0.4 is 5.32 Å². The second-order valence-corrected chi connectivity index (χ2v) is 5.04. The van der Waals surface area contributed by atoms with Crippen molar-refractivity contribution in [3.63, 3.8) is 0 Å². The van der Waals surface area contributed by atoms with Gasteiger partial charge in [-0.05, 0) is 31.7 Å². The van der Waals surface area contributed by atoms with E-state index in [2.05, 4.69) is 23.2 Å². The summed E-state index contributed by atoms with van der Waals surface area (Å²) in [5, 5.41) is 21.0. The van der Waals surface area contributed by atoms with E-state index in [-0.39, 0.29) is 6.42 Å². The highest BCUT2D eigenvalue weighted by atomic mass is 16.4. The molecule has 0 bridgehead atoms. The largest absolute Gasteiger partial charge is 0.481 e. The molecule has 5 nitrogen and oxygen atoms in total. The van der Waals surface area contributed by atoms with Crippen molar-refractivity contribution < 1.29 is 9.90 Å². The Balaban J connectivity index is 2.45. The summed E-state index contributed by atoms with van der Waals surface area (Å²) >= 11 is 0. The molecule has 1 rings (SSSR count). The Labute approximate surface area is 109 Å². The number of likely N-dealkylation sites (tertiary alicyclic amines) is 1. The van der Waals surface area contributed by atoms with E-state index in [0.29, 0.717) is 24.9 Å². The first-order valence-corrected chi connectivity index (χ1v) is 6.70. The van der Waals surface area contributed by atoms with Crippen LogP contribution in [0.1, 0.15) is 32.6 Å². The van der Waals surface area contributed by atoms with Crippen LogP contribution in [0.2, 0.25) is 0 Å². The average molecular weight is 253 g/mol. The van der Waals surface area contributed by atoms with E-state index in [0.717, 1.165) is 32.5 Å². The molecule has 0 amide bonds. The number of hydrogen-bond acceptors (Lipinski definition) is 4. The number of hydrogen-bond donors (Lipinski definition) is 2. The fourth-order valence-electron chi connectivity index (χ4n) is 2.56. The molecule has 1 saturated heterocycles. The average Bonchev–Trinajstić information content (AvgIpc) is 2.34. The molecular formula is C13H23N3O2. The Kier molecular flexibility index (Phi) is 6.69. The lowest BCUT2D eigenvalue weighted by Gasteiger charge is -2.37. The van der Waals surface area contributed by atoms with Crippen LogP contribution in [0, 0.1) is 17.2 Å². The Hall–Kier alpha value is -1.12. The molecule has 0 radical (unpaired) electrons. The molecule has 102 valence electrons. The molecule has 0 aromatic rings. The molecule has 2 unspecified atom stereocenters. The highest BCUT2D eigenvalue weighted by molar-refractivity contribution is 5.66. The SMILES string of the molecule is CCCNC1CC(CCC(=O)O)CN(CC#N)C1. The first-order valence-electron chi connectivity index (χ1n) is 6.70. The lowest BCUT2D eigenvalue weighted by atomic mass is 9.90. The molecule has 1 heterocycles. The number of carboxylic acids is 1. The summed E-state index contributed by atoms with van der Waals surface area (Å²) in [5.41, 5.74) is 0. The van der Waals surface area contributed by atoms with Crippen LogP contribution in [-0.4, -0.2) is 48.2 Å². The normalized spacial score (nSPS) is 24.7. The Bertz CT molecular complexity index is 301. The van der Waals surface area contributed by atoms with Gasteiger partial charge in [0.2, 0.25) is 0 Å². The van der Waals surface area contributed by atoms with Crippen molar-refractivity contribution in [1.82, 2.24) is 10.2 Å². The van der Waals surface area contributed by atoms with E-state index < -0.39 is 5.97 Å². The van der Waals surface area contributed by atoms with Gasteiger partial charge in [-0.1, -0.05) is 6.92 Å². The van der Waals surface area contributed by atoms with E-state index in [9.17, 15) is 4.79 Å². The third-order valence-corrected chi connectivity index (χ3v) is 3.36. The van der Waals surface area contributed by atoms with E-state index in [1.54, 1.807) is 0 Å². The van der Waals surface area contributed by atoms with E-state index in [1.807, 2.05) is 0 Å². The zero-order valence-corrected chi connectivity index (χ0v) is 11.1. The number of nitrogens with one attached hydrogen (secondary N) is 1. The monoisotopic (exact) mass is 253 g/mol. The molecule has 1 fully saturated rings. The highest BCUT2D eigenvalue weighted by Gasteiger charge is 2.26. The van der Waals surface area contributed by atoms with E-state index >= 15 is 0 Å². The summed E-state index contributed by atoms with van der Waals surface area (Å²) in [4.78, 5) is 12.7. The van der Waals surface area contributed by atoms with Gasteiger partial charge in [0.1, 0.15) is 0 Å². The van der Waals surface area contributed by atoms with Gasteiger partial charge >= 0.3 is 5.97 Å². The lowest BCUT2D eigenvalue weighted by Crippen LogP contribution is -2.49.